The summed E-state index contributed by atoms with van der Waals surface area (Å²) in [6.07, 6.45) is 0.927. The number of rotatable bonds is 4. The third-order valence-corrected chi connectivity index (χ3v) is 4.89. The Labute approximate surface area is 110 Å². The van der Waals surface area contributed by atoms with Gasteiger partial charge in [-0.15, -0.1) is 0 Å². The quantitative estimate of drug-likeness (QED) is 0.890. The van der Waals surface area contributed by atoms with Crippen molar-refractivity contribution in [2.45, 2.75) is 6.42 Å². The highest BCUT2D eigenvalue weighted by Gasteiger charge is 2.22. The molecule has 0 spiro atoms. The average Bonchev–Trinajstić information content (AvgIpc) is 2.73. The van der Waals surface area contributed by atoms with Gasteiger partial charge in [-0.2, -0.15) is 0 Å². The van der Waals surface area contributed by atoms with Crippen LogP contribution in [-0.2, 0) is 10.0 Å². The summed E-state index contributed by atoms with van der Waals surface area (Å²) in [4.78, 5) is 0. The van der Waals surface area contributed by atoms with Gasteiger partial charge in [-0.25, -0.2) is 8.42 Å². The number of nitrogens with one attached hydrogen (secondary N) is 2. The minimum absolute atomic E-state index is 0.182. The summed E-state index contributed by atoms with van der Waals surface area (Å²) in [5, 5.41) is 3.17. The lowest BCUT2D eigenvalue weighted by atomic mass is 10.2. The average molecular weight is 319 g/mol. The predicted octanol–water partition coefficient (Wildman–Crippen LogP) is 1.80. The molecule has 0 saturated carbocycles. The first-order valence-corrected chi connectivity index (χ1v) is 7.97. The standard InChI is InChI=1S/C11H15BrN2O2S/c12-10-3-1-2-4-11(10)14-17(15,16)8-9-5-6-13-7-9/h1-4,9,13-14H,5-8H2. The van der Waals surface area contributed by atoms with Crippen LogP contribution in [0.3, 0.4) is 0 Å². The van der Waals surface area contributed by atoms with E-state index in [1.165, 1.54) is 0 Å². The van der Waals surface area contributed by atoms with Gasteiger partial charge in [0, 0.05) is 4.47 Å². The fourth-order valence-electron chi connectivity index (χ4n) is 1.92. The molecule has 1 heterocycles. The zero-order valence-electron chi connectivity index (χ0n) is 9.32. The lowest BCUT2D eigenvalue weighted by Gasteiger charge is -2.12. The van der Waals surface area contributed by atoms with Crippen molar-refractivity contribution in [3.05, 3.63) is 28.7 Å². The molecule has 1 aromatic carbocycles. The monoisotopic (exact) mass is 318 g/mol. The van der Waals surface area contributed by atoms with Crippen molar-refractivity contribution in [2.75, 3.05) is 23.6 Å². The molecule has 1 aromatic rings. The van der Waals surface area contributed by atoms with Crippen LogP contribution < -0.4 is 10.0 Å². The van der Waals surface area contributed by atoms with Crippen molar-refractivity contribution >= 4 is 31.6 Å². The number of para-hydroxylation sites is 1. The molecule has 17 heavy (non-hydrogen) atoms. The Bertz CT molecular complexity index is 484. The molecule has 0 amide bonds. The maximum Gasteiger partial charge on any atom is 0.233 e. The van der Waals surface area contributed by atoms with E-state index < -0.39 is 10.0 Å². The van der Waals surface area contributed by atoms with Crippen LogP contribution >= 0.6 is 15.9 Å². The van der Waals surface area contributed by atoms with Crippen molar-refractivity contribution in [2.24, 2.45) is 5.92 Å². The SMILES string of the molecule is O=S(=O)(CC1CCNC1)Nc1ccccc1Br. The second-order valence-electron chi connectivity index (χ2n) is 4.22. The van der Waals surface area contributed by atoms with Gasteiger partial charge in [-0.3, -0.25) is 4.72 Å². The molecule has 94 valence electrons. The summed E-state index contributed by atoms with van der Waals surface area (Å²) in [6.45, 7) is 1.70. The first kappa shape index (κ1) is 12.9. The van der Waals surface area contributed by atoms with E-state index in [-0.39, 0.29) is 11.7 Å². The first-order chi connectivity index (χ1) is 8.07. The Kier molecular flexibility index (Phi) is 4.06. The van der Waals surface area contributed by atoms with E-state index in [1.807, 2.05) is 12.1 Å². The molecular formula is C11H15BrN2O2S. The summed E-state index contributed by atoms with van der Waals surface area (Å²) >= 11 is 3.32. The Morgan fingerprint density at radius 1 is 1.41 bits per heavy atom. The van der Waals surface area contributed by atoms with Crippen LogP contribution in [0.25, 0.3) is 0 Å². The van der Waals surface area contributed by atoms with Crippen LogP contribution in [0.2, 0.25) is 0 Å². The lowest BCUT2D eigenvalue weighted by molar-refractivity contribution is 0.575. The topological polar surface area (TPSA) is 58.2 Å². The van der Waals surface area contributed by atoms with Crippen LogP contribution in [0, 0.1) is 5.92 Å². The Balaban J connectivity index is 2.04. The highest BCUT2D eigenvalue weighted by atomic mass is 79.9. The van der Waals surface area contributed by atoms with Gasteiger partial charge in [0.2, 0.25) is 10.0 Å². The molecule has 2 N–H and O–H groups in total. The van der Waals surface area contributed by atoms with Gasteiger partial charge in [-0.1, -0.05) is 12.1 Å². The van der Waals surface area contributed by atoms with Gasteiger partial charge in [0.25, 0.3) is 0 Å². The Morgan fingerprint density at radius 2 is 2.18 bits per heavy atom. The van der Waals surface area contributed by atoms with Crippen molar-refractivity contribution in [1.29, 1.82) is 0 Å². The van der Waals surface area contributed by atoms with Gasteiger partial charge >= 0.3 is 0 Å². The lowest BCUT2D eigenvalue weighted by Crippen LogP contribution is -2.24. The van der Waals surface area contributed by atoms with Crippen LogP contribution in [0.5, 0.6) is 0 Å². The van der Waals surface area contributed by atoms with E-state index in [4.69, 9.17) is 0 Å². The predicted molar refractivity (Wildman–Crippen MR) is 72.5 cm³/mol. The van der Waals surface area contributed by atoms with Crippen molar-refractivity contribution in [1.82, 2.24) is 5.32 Å². The van der Waals surface area contributed by atoms with E-state index in [0.29, 0.717) is 5.69 Å². The number of anilines is 1. The second kappa shape index (κ2) is 5.37. The second-order valence-corrected chi connectivity index (χ2v) is 6.84. The summed E-state index contributed by atoms with van der Waals surface area (Å²) in [7, 11) is -3.26. The van der Waals surface area contributed by atoms with E-state index >= 15 is 0 Å². The largest absolute Gasteiger partial charge is 0.316 e. The molecule has 1 fully saturated rings. The third-order valence-electron chi connectivity index (χ3n) is 2.76. The van der Waals surface area contributed by atoms with Crippen LogP contribution in [0.4, 0.5) is 5.69 Å². The molecular weight excluding hydrogens is 304 g/mol. The van der Waals surface area contributed by atoms with Gasteiger partial charge in [0.1, 0.15) is 0 Å². The Hall–Kier alpha value is -0.590. The number of sulfonamides is 1. The highest BCUT2D eigenvalue weighted by molar-refractivity contribution is 9.10. The van der Waals surface area contributed by atoms with Crippen molar-refractivity contribution in [3.8, 4) is 0 Å². The molecule has 0 bridgehead atoms. The fourth-order valence-corrected chi connectivity index (χ4v) is 3.94. The molecule has 1 unspecified atom stereocenters. The molecule has 0 aliphatic carbocycles. The summed E-state index contributed by atoms with van der Waals surface area (Å²) in [5.41, 5.74) is 0.596. The highest BCUT2D eigenvalue weighted by Crippen LogP contribution is 2.23. The molecule has 1 atom stereocenters. The van der Waals surface area contributed by atoms with Gasteiger partial charge in [0.15, 0.2) is 0 Å². The number of hydrogen-bond donors (Lipinski definition) is 2. The number of hydrogen-bond acceptors (Lipinski definition) is 3. The van der Waals surface area contributed by atoms with E-state index in [0.717, 1.165) is 24.0 Å². The molecule has 1 aliphatic heterocycles. The zero-order chi connectivity index (χ0) is 12.3. The van der Waals surface area contributed by atoms with Crippen LogP contribution in [0.15, 0.2) is 28.7 Å². The fraction of sp³-hybridized carbons (Fsp3) is 0.455. The maximum atomic E-state index is 11.9. The van der Waals surface area contributed by atoms with Crippen molar-refractivity contribution < 1.29 is 8.42 Å². The Morgan fingerprint density at radius 3 is 2.82 bits per heavy atom. The van der Waals surface area contributed by atoms with Gasteiger partial charge < -0.3 is 5.32 Å². The van der Waals surface area contributed by atoms with Crippen LogP contribution in [-0.4, -0.2) is 27.3 Å². The van der Waals surface area contributed by atoms with E-state index in [9.17, 15) is 8.42 Å². The van der Waals surface area contributed by atoms with E-state index in [2.05, 4.69) is 26.0 Å². The first-order valence-electron chi connectivity index (χ1n) is 5.52. The molecule has 0 radical (unpaired) electrons. The zero-order valence-corrected chi connectivity index (χ0v) is 11.7. The van der Waals surface area contributed by atoms with E-state index in [1.54, 1.807) is 12.1 Å². The van der Waals surface area contributed by atoms with Gasteiger partial charge in [-0.05, 0) is 53.5 Å². The summed E-state index contributed by atoms with van der Waals surface area (Å²) in [5.74, 6) is 0.399. The van der Waals surface area contributed by atoms with Crippen molar-refractivity contribution in [3.63, 3.8) is 0 Å². The molecule has 2 rings (SSSR count). The third kappa shape index (κ3) is 3.69. The molecule has 1 aliphatic rings. The minimum Gasteiger partial charge on any atom is -0.316 e. The molecule has 1 saturated heterocycles. The summed E-state index contributed by atoms with van der Waals surface area (Å²) < 4.78 is 27.3. The minimum atomic E-state index is -3.26. The normalized spacial score (nSPS) is 20.4. The molecule has 0 aromatic heterocycles. The van der Waals surface area contributed by atoms with Crippen LogP contribution in [0.1, 0.15) is 6.42 Å². The maximum absolute atomic E-state index is 11.9. The number of benzene rings is 1. The molecule has 6 heteroatoms. The van der Waals surface area contributed by atoms with Gasteiger partial charge in [0.05, 0.1) is 11.4 Å². The summed E-state index contributed by atoms with van der Waals surface area (Å²) in [6, 6.07) is 7.21. The molecule has 4 nitrogen and oxygen atoms in total. The number of halogens is 1. The smallest absolute Gasteiger partial charge is 0.233 e.